The highest BCUT2D eigenvalue weighted by Crippen LogP contribution is 2.33. The van der Waals surface area contributed by atoms with Crippen molar-refractivity contribution in [2.75, 3.05) is 13.1 Å². The molecule has 0 aromatic carbocycles. The van der Waals surface area contributed by atoms with Gasteiger partial charge in [-0.2, -0.15) is 5.10 Å². The van der Waals surface area contributed by atoms with E-state index in [1.54, 1.807) is 10.7 Å². The van der Waals surface area contributed by atoms with Crippen molar-refractivity contribution in [2.24, 2.45) is 5.92 Å². The van der Waals surface area contributed by atoms with E-state index in [0.717, 1.165) is 24.0 Å². The molecule has 0 spiro atoms. The van der Waals surface area contributed by atoms with E-state index in [9.17, 15) is 9.90 Å². The summed E-state index contributed by atoms with van der Waals surface area (Å²) in [4.78, 5) is 15.3. The highest BCUT2D eigenvalue weighted by molar-refractivity contribution is 5.73. The molecule has 6 heteroatoms. The van der Waals surface area contributed by atoms with Crippen LogP contribution in [0.4, 0.5) is 0 Å². The van der Waals surface area contributed by atoms with Gasteiger partial charge >= 0.3 is 5.97 Å². The average Bonchev–Trinajstić information content (AvgIpc) is 2.82. The van der Waals surface area contributed by atoms with Crippen LogP contribution in [0, 0.1) is 5.92 Å². The fraction of sp³-hybridized carbons (Fsp3) is 0.417. The molecule has 0 saturated carbocycles. The van der Waals surface area contributed by atoms with Crippen LogP contribution in [0.3, 0.4) is 0 Å². The molecule has 2 unspecified atom stereocenters. The normalized spacial score (nSPS) is 24.2. The van der Waals surface area contributed by atoms with Crippen molar-refractivity contribution in [2.45, 2.75) is 12.3 Å². The van der Waals surface area contributed by atoms with Crippen LogP contribution in [-0.2, 0) is 4.79 Å². The number of fused-ring (bicyclic) bond motifs is 1. The Morgan fingerprint density at radius 2 is 2.44 bits per heavy atom. The second-order valence-corrected chi connectivity index (χ2v) is 4.55. The highest BCUT2D eigenvalue weighted by Gasteiger charge is 2.33. The molecule has 0 amide bonds. The predicted octanol–water partition coefficient (Wildman–Crippen LogP) is 0.507. The quantitative estimate of drug-likeness (QED) is 0.807. The maximum absolute atomic E-state index is 11.3. The van der Waals surface area contributed by atoms with Crippen LogP contribution in [0.5, 0.6) is 0 Å². The molecule has 2 aromatic heterocycles. The maximum Gasteiger partial charge on any atom is 0.308 e. The summed E-state index contributed by atoms with van der Waals surface area (Å²) >= 11 is 0. The lowest BCUT2D eigenvalue weighted by molar-refractivity contribution is -0.142. The van der Waals surface area contributed by atoms with Crippen LogP contribution in [-0.4, -0.2) is 38.8 Å². The van der Waals surface area contributed by atoms with Crippen molar-refractivity contribution in [3.8, 4) is 0 Å². The Balaban J connectivity index is 2.04. The van der Waals surface area contributed by atoms with E-state index in [4.69, 9.17) is 0 Å². The Morgan fingerprint density at radius 1 is 1.56 bits per heavy atom. The number of aromatic nitrogens is 3. The maximum atomic E-state index is 11.3. The molecule has 0 bridgehead atoms. The lowest BCUT2D eigenvalue weighted by Crippen LogP contribution is -2.39. The van der Waals surface area contributed by atoms with Gasteiger partial charge in [0, 0.05) is 18.7 Å². The molecule has 94 valence electrons. The van der Waals surface area contributed by atoms with Gasteiger partial charge in [-0.3, -0.25) is 4.79 Å². The lowest BCUT2D eigenvalue weighted by atomic mass is 9.81. The molecular formula is C12H14N4O2. The van der Waals surface area contributed by atoms with Crippen molar-refractivity contribution in [3.63, 3.8) is 0 Å². The first-order valence-electron chi connectivity index (χ1n) is 5.98. The first-order chi connectivity index (χ1) is 8.77. The van der Waals surface area contributed by atoms with Gasteiger partial charge in [0.1, 0.15) is 6.33 Å². The molecule has 1 saturated heterocycles. The molecule has 1 fully saturated rings. The zero-order chi connectivity index (χ0) is 12.5. The minimum Gasteiger partial charge on any atom is -0.481 e. The van der Waals surface area contributed by atoms with Gasteiger partial charge in [0.25, 0.3) is 0 Å². The van der Waals surface area contributed by atoms with Crippen LogP contribution >= 0.6 is 0 Å². The van der Waals surface area contributed by atoms with Crippen molar-refractivity contribution in [3.05, 3.63) is 30.4 Å². The number of carboxylic acid groups (broad SMARTS) is 1. The van der Waals surface area contributed by atoms with E-state index >= 15 is 0 Å². The molecule has 3 rings (SSSR count). The van der Waals surface area contributed by atoms with Gasteiger partial charge in [-0.25, -0.2) is 9.50 Å². The highest BCUT2D eigenvalue weighted by atomic mass is 16.4. The van der Waals surface area contributed by atoms with Gasteiger partial charge < -0.3 is 10.4 Å². The minimum absolute atomic E-state index is 0.0275. The number of hydrogen-bond donors (Lipinski definition) is 2. The molecule has 2 atom stereocenters. The van der Waals surface area contributed by atoms with E-state index in [0.29, 0.717) is 6.54 Å². The lowest BCUT2D eigenvalue weighted by Gasteiger charge is -2.29. The summed E-state index contributed by atoms with van der Waals surface area (Å²) in [5.74, 6) is -1.10. The van der Waals surface area contributed by atoms with Gasteiger partial charge in [-0.15, -0.1) is 0 Å². The Hall–Kier alpha value is -1.95. The van der Waals surface area contributed by atoms with E-state index in [1.807, 2.05) is 12.3 Å². The SMILES string of the molecule is O=C(O)C1CNCCC1c1ccn2ncncc12. The molecule has 1 aliphatic heterocycles. The third-order valence-corrected chi connectivity index (χ3v) is 3.58. The van der Waals surface area contributed by atoms with Crippen molar-refractivity contribution in [1.82, 2.24) is 19.9 Å². The Morgan fingerprint density at radius 3 is 3.28 bits per heavy atom. The fourth-order valence-electron chi connectivity index (χ4n) is 2.68. The van der Waals surface area contributed by atoms with Crippen LogP contribution in [0.2, 0.25) is 0 Å². The zero-order valence-electron chi connectivity index (χ0n) is 9.78. The summed E-state index contributed by atoms with van der Waals surface area (Å²) < 4.78 is 1.74. The van der Waals surface area contributed by atoms with Gasteiger partial charge in [0.15, 0.2) is 0 Å². The summed E-state index contributed by atoms with van der Waals surface area (Å²) in [6.45, 7) is 1.37. The minimum atomic E-state index is -0.747. The molecule has 18 heavy (non-hydrogen) atoms. The Labute approximate surface area is 104 Å². The summed E-state index contributed by atoms with van der Waals surface area (Å²) in [6.07, 6.45) is 5.90. The molecule has 2 aromatic rings. The number of carbonyl (C=O) groups is 1. The third-order valence-electron chi connectivity index (χ3n) is 3.58. The number of piperidine rings is 1. The summed E-state index contributed by atoms with van der Waals surface area (Å²) in [7, 11) is 0. The third kappa shape index (κ3) is 1.74. The van der Waals surface area contributed by atoms with Crippen molar-refractivity contribution < 1.29 is 9.90 Å². The molecule has 0 aliphatic carbocycles. The molecule has 0 radical (unpaired) electrons. The predicted molar refractivity (Wildman–Crippen MR) is 64.3 cm³/mol. The fourth-order valence-corrected chi connectivity index (χ4v) is 2.68. The standard InChI is InChI=1S/C12H14N4O2/c17-12(18)10-5-13-3-1-8(10)9-2-4-16-11(9)6-14-7-15-16/h2,4,6-8,10,13H,1,3,5H2,(H,17,18). The van der Waals surface area contributed by atoms with Gasteiger partial charge in [-0.05, 0) is 24.6 Å². The largest absolute Gasteiger partial charge is 0.481 e. The topological polar surface area (TPSA) is 79.5 Å². The zero-order valence-corrected chi connectivity index (χ0v) is 9.78. The van der Waals surface area contributed by atoms with Gasteiger partial charge in [0.2, 0.25) is 0 Å². The van der Waals surface area contributed by atoms with E-state index < -0.39 is 5.97 Å². The molecule has 6 nitrogen and oxygen atoms in total. The summed E-state index contributed by atoms with van der Waals surface area (Å²) in [6, 6.07) is 1.95. The van der Waals surface area contributed by atoms with Crippen LogP contribution in [0.15, 0.2) is 24.8 Å². The number of carboxylic acids is 1. The van der Waals surface area contributed by atoms with Gasteiger partial charge in [0.05, 0.1) is 17.6 Å². The monoisotopic (exact) mass is 246 g/mol. The Kier molecular flexibility index (Phi) is 2.71. The van der Waals surface area contributed by atoms with Gasteiger partial charge in [-0.1, -0.05) is 0 Å². The average molecular weight is 246 g/mol. The smallest absolute Gasteiger partial charge is 0.308 e. The van der Waals surface area contributed by atoms with Crippen molar-refractivity contribution in [1.29, 1.82) is 0 Å². The first-order valence-corrected chi connectivity index (χ1v) is 5.98. The van der Waals surface area contributed by atoms with E-state index in [2.05, 4.69) is 15.4 Å². The van der Waals surface area contributed by atoms with Crippen molar-refractivity contribution >= 4 is 11.5 Å². The number of nitrogens with one attached hydrogen (secondary N) is 1. The molecule has 1 aliphatic rings. The Bertz CT molecular complexity index is 580. The number of rotatable bonds is 2. The summed E-state index contributed by atoms with van der Waals surface area (Å²) in [5, 5.41) is 16.5. The second-order valence-electron chi connectivity index (χ2n) is 4.55. The van der Waals surface area contributed by atoms with Crippen LogP contribution in [0.25, 0.3) is 5.52 Å². The van der Waals surface area contributed by atoms with E-state index in [1.165, 1.54) is 6.33 Å². The number of hydrogen-bond acceptors (Lipinski definition) is 4. The van der Waals surface area contributed by atoms with Crippen LogP contribution < -0.4 is 5.32 Å². The second kappa shape index (κ2) is 4.38. The molecular weight excluding hydrogens is 232 g/mol. The molecule has 2 N–H and O–H groups in total. The first kappa shape index (κ1) is 11.2. The van der Waals surface area contributed by atoms with Crippen LogP contribution in [0.1, 0.15) is 17.9 Å². The number of nitrogens with zero attached hydrogens (tertiary/aromatic N) is 3. The molecule has 3 heterocycles. The van der Waals surface area contributed by atoms with E-state index in [-0.39, 0.29) is 11.8 Å². The number of aliphatic carboxylic acids is 1. The summed E-state index contributed by atoms with van der Waals surface area (Å²) in [5.41, 5.74) is 1.93.